The van der Waals surface area contributed by atoms with Crippen molar-refractivity contribution in [1.29, 1.82) is 0 Å². The summed E-state index contributed by atoms with van der Waals surface area (Å²) in [6, 6.07) is 17.4. The quantitative estimate of drug-likeness (QED) is 0.813. The zero-order chi connectivity index (χ0) is 15.1. The van der Waals surface area contributed by atoms with Crippen LogP contribution in [-0.4, -0.2) is 17.5 Å². The number of hydrogen-bond acceptors (Lipinski definition) is 2. The highest BCUT2D eigenvalue weighted by molar-refractivity contribution is 5.70. The Morgan fingerprint density at radius 2 is 1.71 bits per heavy atom. The smallest absolute Gasteiger partial charge is 0.410 e. The Morgan fingerprint density at radius 1 is 1.05 bits per heavy atom. The van der Waals surface area contributed by atoms with E-state index < -0.39 is 0 Å². The van der Waals surface area contributed by atoms with Gasteiger partial charge in [-0.2, -0.15) is 0 Å². The third kappa shape index (κ3) is 4.63. The van der Waals surface area contributed by atoms with Crippen LogP contribution >= 0.6 is 0 Å². The highest BCUT2D eigenvalue weighted by Gasteiger charge is 2.15. The van der Waals surface area contributed by atoms with E-state index in [9.17, 15) is 4.79 Å². The van der Waals surface area contributed by atoms with E-state index in [0.29, 0.717) is 18.8 Å². The lowest BCUT2D eigenvalue weighted by Gasteiger charge is -2.21. The fraction of sp³-hybridized carbons (Fsp3) is 0.278. The third-order valence-corrected chi connectivity index (χ3v) is 3.19. The van der Waals surface area contributed by atoms with Gasteiger partial charge >= 0.3 is 6.09 Å². The molecule has 2 aromatic rings. The number of nitrogens with zero attached hydrogens (tertiary/aromatic N) is 1. The Hall–Kier alpha value is -2.29. The van der Waals surface area contributed by atoms with Crippen LogP contribution in [0.25, 0.3) is 0 Å². The number of benzene rings is 2. The van der Waals surface area contributed by atoms with Crippen LogP contribution in [0.3, 0.4) is 0 Å². The van der Waals surface area contributed by atoms with E-state index in [1.165, 1.54) is 5.56 Å². The summed E-state index contributed by atoms with van der Waals surface area (Å²) in [5, 5.41) is 0. The summed E-state index contributed by atoms with van der Waals surface area (Å²) in [7, 11) is 0. The minimum Gasteiger partial charge on any atom is -0.410 e. The number of aryl methyl sites for hydroxylation is 1. The van der Waals surface area contributed by atoms with E-state index in [1.54, 1.807) is 17.0 Å². The normalized spacial score (nSPS) is 10.2. The summed E-state index contributed by atoms with van der Waals surface area (Å²) < 4.78 is 5.41. The molecule has 21 heavy (non-hydrogen) atoms. The molecule has 0 unspecified atom stereocenters. The van der Waals surface area contributed by atoms with Crippen molar-refractivity contribution in [3.63, 3.8) is 0 Å². The summed E-state index contributed by atoms with van der Waals surface area (Å²) in [6.45, 7) is 5.36. The minimum absolute atomic E-state index is 0.302. The average Bonchev–Trinajstić information content (AvgIpc) is 2.50. The Balaban J connectivity index is 2.03. The first-order chi connectivity index (χ1) is 10.2. The van der Waals surface area contributed by atoms with Gasteiger partial charge in [-0.1, -0.05) is 55.0 Å². The van der Waals surface area contributed by atoms with Gasteiger partial charge in [-0.15, -0.1) is 0 Å². The van der Waals surface area contributed by atoms with Crippen LogP contribution in [0.5, 0.6) is 5.75 Å². The van der Waals surface area contributed by atoms with Crippen molar-refractivity contribution in [2.75, 3.05) is 6.54 Å². The number of para-hydroxylation sites is 1. The van der Waals surface area contributed by atoms with Gasteiger partial charge in [-0.3, -0.25) is 0 Å². The lowest BCUT2D eigenvalue weighted by Crippen LogP contribution is -2.33. The van der Waals surface area contributed by atoms with Gasteiger partial charge in [0, 0.05) is 13.1 Å². The van der Waals surface area contributed by atoms with E-state index in [4.69, 9.17) is 4.74 Å². The SMILES string of the molecule is CCCN(Cc1ccc(C)cc1)C(=O)Oc1ccccc1. The zero-order valence-corrected chi connectivity index (χ0v) is 12.6. The van der Waals surface area contributed by atoms with E-state index in [0.717, 1.165) is 12.0 Å². The molecule has 1 amide bonds. The van der Waals surface area contributed by atoms with Crippen molar-refractivity contribution in [3.05, 3.63) is 65.7 Å². The molecule has 3 nitrogen and oxygen atoms in total. The third-order valence-electron chi connectivity index (χ3n) is 3.19. The van der Waals surface area contributed by atoms with Crippen molar-refractivity contribution in [2.45, 2.75) is 26.8 Å². The van der Waals surface area contributed by atoms with Crippen molar-refractivity contribution in [1.82, 2.24) is 4.90 Å². The van der Waals surface area contributed by atoms with Crippen LogP contribution in [0.15, 0.2) is 54.6 Å². The maximum absolute atomic E-state index is 12.3. The Labute approximate surface area is 126 Å². The van der Waals surface area contributed by atoms with Crippen molar-refractivity contribution in [3.8, 4) is 5.75 Å². The highest BCUT2D eigenvalue weighted by atomic mass is 16.6. The molecule has 0 aromatic heterocycles. The monoisotopic (exact) mass is 283 g/mol. The second kappa shape index (κ2) is 7.48. The number of amides is 1. The first kappa shape index (κ1) is 15.1. The molecule has 3 heteroatoms. The number of carbonyl (C=O) groups excluding carboxylic acids is 1. The fourth-order valence-corrected chi connectivity index (χ4v) is 2.07. The molecular formula is C18H21NO2. The topological polar surface area (TPSA) is 29.5 Å². The molecule has 0 heterocycles. The molecule has 0 N–H and O–H groups in total. The molecule has 0 aliphatic carbocycles. The fourth-order valence-electron chi connectivity index (χ4n) is 2.07. The van der Waals surface area contributed by atoms with E-state index >= 15 is 0 Å². The molecule has 110 valence electrons. The molecule has 0 saturated heterocycles. The first-order valence-electron chi connectivity index (χ1n) is 7.26. The van der Waals surface area contributed by atoms with Gasteiger partial charge in [-0.25, -0.2) is 4.79 Å². The summed E-state index contributed by atoms with van der Waals surface area (Å²) in [5.74, 6) is 0.576. The molecule has 0 spiro atoms. The van der Waals surface area contributed by atoms with Gasteiger partial charge in [0.15, 0.2) is 0 Å². The van der Waals surface area contributed by atoms with Crippen LogP contribution < -0.4 is 4.74 Å². The maximum Gasteiger partial charge on any atom is 0.415 e. The first-order valence-corrected chi connectivity index (χ1v) is 7.26. The highest BCUT2D eigenvalue weighted by Crippen LogP contribution is 2.13. The molecular weight excluding hydrogens is 262 g/mol. The number of hydrogen-bond donors (Lipinski definition) is 0. The van der Waals surface area contributed by atoms with E-state index in [-0.39, 0.29) is 6.09 Å². The van der Waals surface area contributed by atoms with Crippen LogP contribution in [-0.2, 0) is 6.54 Å². The molecule has 0 aliphatic heterocycles. The number of carbonyl (C=O) groups is 1. The average molecular weight is 283 g/mol. The second-order valence-corrected chi connectivity index (χ2v) is 5.09. The molecule has 0 radical (unpaired) electrons. The number of ether oxygens (including phenoxy) is 1. The lowest BCUT2D eigenvalue weighted by atomic mass is 10.1. The predicted octanol–water partition coefficient (Wildman–Crippen LogP) is 4.41. The van der Waals surface area contributed by atoms with E-state index in [2.05, 4.69) is 26.0 Å². The summed E-state index contributed by atoms with van der Waals surface area (Å²) in [4.78, 5) is 14.0. The summed E-state index contributed by atoms with van der Waals surface area (Å²) in [5.41, 5.74) is 2.33. The number of rotatable bonds is 5. The zero-order valence-electron chi connectivity index (χ0n) is 12.6. The van der Waals surface area contributed by atoms with Gasteiger partial charge in [0.05, 0.1) is 0 Å². The van der Waals surface area contributed by atoms with E-state index in [1.807, 2.05) is 30.3 Å². The van der Waals surface area contributed by atoms with Crippen molar-refractivity contribution in [2.24, 2.45) is 0 Å². The Kier molecular flexibility index (Phi) is 5.38. The summed E-state index contributed by atoms with van der Waals surface area (Å²) in [6.07, 6.45) is 0.596. The molecule has 0 atom stereocenters. The second-order valence-electron chi connectivity index (χ2n) is 5.09. The molecule has 2 aromatic carbocycles. The van der Waals surface area contributed by atoms with Gasteiger partial charge < -0.3 is 9.64 Å². The van der Waals surface area contributed by atoms with Crippen molar-refractivity contribution < 1.29 is 9.53 Å². The molecule has 0 bridgehead atoms. The molecule has 0 aliphatic rings. The predicted molar refractivity (Wildman–Crippen MR) is 84.3 cm³/mol. The standard InChI is InChI=1S/C18H21NO2/c1-3-13-19(14-16-11-9-15(2)10-12-16)18(20)21-17-7-5-4-6-8-17/h4-12H,3,13-14H2,1-2H3. The van der Waals surface area contributed by atoms with Gasteiger partial charge in [0.2, 0.25) is 0 Å². The minimum atomic E-state index is -0.302. The maximum atomic E-state index is 12.3. The Bertz CT molecular complexity index is 564. The van der Waals surface area contributed by atoms with Crippen LogP contribution in [0.4, 0.5) is 4.79 Å². The van der Waals surface area contributed by atoms with Crippen molar-refractivity contribution >= 4 is 6.09 Å². The van der Waals surface area contributed by atoms with Gasteiger partial charge in [0.25, 0.3) is 0 Å². The van der Waals surface area contributed by atoms with Crippen LogP contribution in [0, 0.1) is 6.92 Å². The molecule has 0 fully saturated rings. The van der Waals surface area contributed by atoms with Gasteiger partial charge in [0.1, 0.15) is 5.75 Å². The van der Waals surface area contributed by atoms with Gasteiger partial charge in [-0.05, 0) is 31.0 Å². The molecule has 2 rings (SSSR count). The largest absolute Gasteiger partial charge is 0.415 e. The summed E-state index contributed by atoms with van der Waals surface area (Å²) >= 11 is 0. The lowest BCUT2D eigenvalue weighted by molar-refractivity contribution is 0.149. The Morgan fingerprint density at radius 3 is 2.33 bits per heavy atom. The van der Waals surface area contributed by atoms with Crippen LogP contribution in [0.2, 0.25) is 0 Å². The molecule has 0 saturated carbocycles. The van der Waals surface area contributed by atoms with Crippen LogP contribution in [0.1, 0.15) is 24.5 Å².